The number of aromatic nitrogens is 3. The lowest BCUT2D eigenvalue weighted by Crippen LogP contribution is -1.98. The highest BCUT2D eigenvalue weighted by Gasteiger charge is 2.20. The minimum atomic E-state index is -0.149. The Balaban J connectivity index is 2.18. The van der Waals surface area contributed by atoms with E-state index in [9.17, 15) is 5.11 Å². The molecule has 0 bridgehead atoms. The number of aryl methyl sites for hydroxylation is 1. The first-order valence-corrected chi connectivity index (χ1v) is 7.61. The van der Waals surface area contributed by atoms with Crippen molar-refractivity contribution in [2.75, 3.05) is 14.2 Å². The number of ether oxygens (including phenoxy) is 2. The monoisotopic (exact) mass is 319 g/mol. The number of fused-ring (bicyclic) bond motifs is 1. The van der Waals surface area contributed by atoms with E-state index < -0.39 is 0 Å². The number of rotatable bonds is 5. The second-order valence-corrected chi connectivity index (χ2v) is 5.93. The predicted molar refractivity (Wildman–Crippen MR) is 84.2 cm³/mol. The first-order valence-electron chi connectivity index (χ1n) is 6.80. The molecule has 1 N–H and O–H groups in total. The highest BCUT2D eigenvalue weighted by molar-refractivity contribution is 7.16. The van der Waals surface area contributed by atoms with Gasteiger partial charge in [-0.05, 0) is 19.1 Å². The summed E-state index contributed by atoms with van der Waals surface area (Å²) in [5.74, 6) is 0.725. The largest absolute Gasteiger partial charge is 0.496 e. The number of benzene rings is 1. The predicted octanol–water partition coefficient (Wildman–Crippen LogP) is 2.41. The molecule has 0 radical (unpaired) electrons. The van der Waals surface area contributed by atoms with E-state index in [2.05, 4.69) is 10.1 Å². The van der Waals surface area contributed by atoms with Crippen LogP contribution in [0.25, 0.3) is 16.2 Å². The molecule has 0 aliphatic carbocycles. The highest BCUT2D eigenvalue weighted by atomic mass is 32.1. The van der Waals surface area contributed by atoms with Crippen molar-refractivity contribution in [2.24, 2.45) is 0 Å². The molecule has 6 nitrogen and oxygen atoms in total. The van der Waals surface area contributed by atoms with Crippen molar-refractivity contribution in [2.45, 2.75) is 20.1 Å². The summed E-state index contributed by atoms with van der Waals surface area (Å²) in [6, 6.07) is 5.89. The Labute approximate surface area is 132 Å². The van der Waals surface area contributed by atoms with E-state index in [0.717, 1.165) is 26.8 Å². The van der Waals surface area contributed by atoms with Crippen molar-refractivity contribution >= 4 is 16.3 Å². The van der Waals surface area contributed by atoms with Crippen molar-refractivity contribution in [3.8, 4) is 17.0 Å². The summed E-state index contributed by atoms with van der Waals surface area (Å²) in [7, 11) is 3.25. The topological polar surface area (TPSA) is 68.9 Å². The van der Waals surface area contributed by atoms with Gasteiger partial charge in [-0.2, -0.15) is 5.10 Å². The molecule has 0 saturated heterocycles. The number of aliphatic hydroxyl groups is 1. The minimum Gasteiger partial charge on any atom is -0.496 e. The summed E-state index contributed by atoms with van der Waals surface area (Å²) in [5.41, 5.74) is 3.31. The van der Waals surface area contributed by atoms with Crippen LogP contribution < -0.4 is 4.74 Å². The average molecular weight is 319 g/mol. The maximum absolute atomic E-state index is 9.77. The van der Waals surface area contributed by atoms with Crippen LogP contribution in [0.15, 0.2) is 18.2 Å². The SMILES string of the molecule is COCc1nn2c(CO)c(-c3cc(C)ccc3OC)nc2s1. The van der Waals surface area contributed by atoms with Crippen molar-refractivity contribution in [3.63, 3.8) is 0 Å². The Kier molecular flexibility index (Phi) is 4.10. The number of imidazole rings is 1. The molecule has 0 aliphatic heterocycles. The first-order chi connectivity index (χ1) is 10.7. The molecule has 0 atom stereocenters. The van der Waals surface area contributed by atoms with E-state index in [0.29, 0.717) is 18.0 Å². The summed E-state index contributed by atoms with van der Waals surface area (Å²) in [5, 5.41) is 15.0. The van der Waals surface area contributed by atoms with E-state index in [-0.39, 0.29) is 6.61 Å². The van der Waals surface area contributed by atoms with Crippen molar-refractivity contribution < 1.29 is 14.6 Å². The van der Waals surface area contributed by atoms with Crippen LogP contribution in [-0.2, 0) is 18.0 Å². The van der Waals surface area contributed by atoms with Gasteiger partial charge in [-0.3, -0.25) is 0 Å². The van der Waals surface area contributed by atoms with Gasteiger partial charge in [-0.15, -0.1) is 0 Å². The first kappa shape index (κ1) is 15.0. The Morgan fingerprint density at radius 1 is 1.32 bits per heavy atom. The Hall–Kier alpha value is -1.96. The van der Waals surface area contributed by atoms with Gasteiger partial charge in [-0.25, -0.2) is 9.50 Å². The van der Waals surface area contributed by atoms with E-state index in [1.165, 1.54) is 11.3 Å². The van der Waals surface area contributed by atoms with E-state index in [4.69, 9.17) is 9.47 Å². The maximum atomic E-state index is 9.77. The Morgan fingerprint density at radius 3 is 2.82 bits per heavy atom. The van der Waals surface area contributed by atoms with Crippen LogP contribution in [0.2, 0.25) is 0 Å². The lowest BCUT2D eigenvalue weighted by atomic mass is 10.1. The second-order valence-electron chi connectivity index (χ2n) is 4.89. The summed E-state index contributed by atoms with van der Waals surface area (Å²) in [4.78, 5) is 5.36. The number of aliphatic hydroxyl groups excluding tert-OH is 1. The third-order valence-electron chi connectivity index (χ3n) is 3.37. The molecule has 0 fully saturated rings. The molecule has 0 spiro atoms. The van der Waals surface area contributed by atoms with Gasteiger partial charge in [0.15, 0.2) is 0 Å². The molecule has 2 aromatic heterocycles. The van der Waals surface area contributed by atoms with Gasteiger partial charge in [0.1, 0.15) is 16.5 Å². The maximum Gasteiger partial charge on any atom is 0.213 e. The molecule has 0 unspecified atom stereocenters. The van der Waals surface area contributed by atoms with Gasteiger partial charge < -0.3 is 14.6 Å². The molecule has 22 heavy (non-hydrogen) atoms. The molecular formula is C15H17N3O3S. The Bertz CT molecular complexity index is 810. The van der Waals surface area contributed by atoms with E-state index in [1.54, 1.807) is 18.7 Å². The van der Waals surface area contributed by atoms with Crippen LogP contribution in [0.3, 0.4) is 0 Å². The van der Waals surface area contributed by atoms with Gasteiger partial charge in [0, 0.05) is 12.7 Å². The van der Waals surface area contributed by atoms with Crippen LogP contribution >= 0.6 is 11.3 Å². The zero-order valence-corrected chi connectivity index (χ0v) is 13.5. The van der Waals surface area contributed by atoms with E-state index >= 15 is 0 Å². The Morgan fingerprint density at radius 2 is 2.14 bits per heavy atom. The summed E-state index contributed by atoms with van der Waals surface area (Å²) < 4.78 is 12.2. The number of methoxy groups -OCH3 is 2. The molecule has 7 heteroatoms. The smallest absolute Gasteiger partial charge is 0.213 e. The molecule has 3 rings (SSSR count). The lowest BCUT2D eigenvalue weighted by molar-refractivity contribution is 0.183. The van der Waals surface area contributed by atoms with Gasteiger partial charge in [0.2, 0.25) is 4.96 Å². The summed E-state index contributed by atoms with van der Waals surface area (Å²) in [6.45, 7) is 2.29. The van der Waals surface area contributed by atoms with Gasteiger partial charge >= 0.3 is 0 Å². The van der Waals surface area contributed by atoms with E-state index in [1.807, 2.05) is 25.1 Å². The fourth-order valence-corrected chi connectivity index (χ4v) is 3.26. The molecule has 2 heterocycles. The molecule has 0 saturated carbocycles. The fraction of sp³-hybridized carbons (Fsp3) is 0.333. The third kappa shape index (κ3) is 2.47. The molecular weight excluding hydrogens is 302 g/mol. The van der Waals surface area contributed by atoms with Gasteiger partial charge in [-0.1, -0.05) is 23.0 Å². The molecule has 1 aromatic carbocycles. The number of hydrogen-bond donors (Lipinski definition) is 1. The second kappa shape index (κ2) is 6.04. The zero-order chi connectivity index (χ0) is 15.7. The fourth-order valence-electron chi connectivity index (χ4n) is 2.38. The van der Waals surface area contributed by atoms with Crippen molar-refractivity contribution in [3.05, 3.63) is 34.5 Å². The number of nitrogens with zero attached hydrogens (tertiary/aromatic N) is 3. The lowest BCUT2D eigenvalue weighted by Gasteiger charge is -2.08. The average Bonchev–Trinajstić information content (AvgIpc) is 3.04. The van der Waals surface area contributed by atoms with Gasteiger partial charge in [0.05, 0.1) is 26.0 Å². The third-order valence-corrected chi connectivity index (χ3v) is 4.25. The van der Waals surface area contributed by atoms with Gasteiger partial charge in [0.25, 0.3) is 0 Å². The molecule has 3 aromatic rings. The molecule has 0 aliphatic rings. The summed E-state index contributed by atoms with van der Waals surface area (Å²) >= 11 is 1.45. The van der Waals surface area contributed by atoms with Crippen LogP contribution in [0.4, 0.5) is 0 Å². The molecule has 116 valence electrons. The van der Waals surface area contributed by atoms with Crippen LogP contribution in [0.1, 0.15) is 16.3 Å². The zero-order valence-electron chi connectivity index (χ0n) is 12.7. The molecule has 0 amide bonds. The standard InChI is InChI=1S/C15H17N3O3S/c1-9-4-5-12(21-3)10(6-9)14-11(7-19)18-15(16-14)22-13(17-18)8-20-2/h4-6,19H,7-8H2,1-3H3. The van der Waals surface area contributed by atoms with Crippen molar-refractivity contribution in [1.29, 1.82) is 0 Å². The van der Waals surface area contributed by atoms with Crippen LogP contribution in [0, 0.1) is 6.92 Å². The van der Waals surface area contributed by atoms with Crippen LogP contribution in [0.5, 0.6) is 5.75 Å². The quantitative estimate of drug-likeness (QED) is 0.782. The number of hydrogen-bond acceptors (Lipinski definition) is 6. The van der Waals surface area contributed by atoms with Crippen molar-refractivity contribution in [1.82, 2.24) is 14.6 Å². The minimum absolute atomic E-state index is 0.149. The highest BCUT2D eigenvalue weighted by Crippen LogP contribution is 2.34. The van der Waals surface area contributed by atoms with Crippen LogP contribution in [-0.4, -0.2) is 33.9 Å². The summed E-state index contributed by atoms with van der Waals surface area (Å²) in [6.07, 6.45) is 0. The normalized spacial score (nSPS) is 11.3.